The van der Waals surface area contributed by atoms with E-state index in [1.54, 1.807) is 0 Å². The standard InChI is InChI=1S/C53H30N4O2/c1-2-13-32-26-35(25-24-31(32)12-1)51-54-52(40-20-11-19-39-37-17-6-10-23-48(37)59-50(39)40)56-53(55-51)43-30-49-42(38-18-7-9-22-47(38)58-49)29-46(43)57-44-21-8-5-16-36(44)41-27-33-14-3-4-15-34(33)28-45(41)57/h1-30H. The van der Waals surface area contributed by atoms with Crippen molar-refractivity contribution in [3.8, 4) is 39.9 Å². The van der Waals surface area contributed by atoms with Crippen LogP contribution < -0.4 is 0 Å². The van der Waals surface area contributed by atoms with E-state index in [1.165, 1.54) is 21.5 Å². The average molecular weight is 755 g/mol. The fourth-order valence-electron chi connectivity index (χ4n) is 9.04. The van der Waals surface area contributed by atoms with Crippen LogP contribution in [0.4, 0.5) is 0 Å². The predicted octanol–water partition coefficient (Wildman–Crippen LogP) is 14.1. The molecule has 0 aliphatic rings. The predicted molar refractivity (Wildman–Crippen MR) is 240 cm³/mol. The van der Waals surface area contributed by atoms with Gasteiger partial charge >= 0.3 is 0 Å². The first-order valence-corrected chi connectivity index (χ1v) is 19.8. The lowest BCUT2D eigenvalue weighted by Gasteiger charge is -2.15. The molecule has 274 valence electrons. The zero-order chi connectivity index (χ0) is 38.6. The highest BCUT2D eigenvalue weighted by atomic mass is 16.3. The monoisotopic (exact) mass is 754 g/mol. The number of fused-ring (bicyclic) bond motifs is 11. The third-order valence-electron chi connectivity index (χ3n) is 11.8. The van der Waals surface area contributed by atoms with E-state index in [4.69, 9.17) is 23.8 Å². The lowest BCUT2D eigenvalue weighted by atomic mass is 10.0. The van der Waals surface area contributed by atoms with Crippen LogP contribution in [0.15, 0.2) is 191 Å². The largest absolute Gasteiger partial charge is 0.456 e. The third kappa shape index (κ3) is 4.84. The van der Waals surface area contributed by atoms with Crippen molar-refractivity contribution >= 4 is 87.2 Å². The van der Waals surface area contributed by atoms with Gasteiger partial charge in [-0.1, -0.05) is 127 Å². The molecule has 6 nitrogen and oxygen atoms in total. The summed E-state index contributed by atoms with van der Waals surface area (Å²) in [5.74, 6) is 1.61. The molecular weight excluding hydrogens is 725 g/mol. The van der Waals surface area contributed by atoms with Gasteiger partial charge in [0.05, 0.1) is 22.3 Å². The van der Waals surface area contributed by atoms with Crippen LogP contribution >= 0.6 is 0 Å². The van der Waals surface area contributed by atoms with Crippen molar-refractivity contribution in [2.45, 2.75) is 0 Å². The Morgan fingerprint density at radius 1 is 0.339 bits per heavy atom. The molecule has 13 rings (SSSR count). The summed E-state index contributed by atoms with van der Waals surface area (Å²) in [5.41, 5.74) is 8.74. The number of furan rings is 2. The average Bonchev–Trinajstić information content (AvgIpc) is 3.96. The zero-order valence-corrected chi connectivity index (χ0v) is 31.4. The molecule has 0 aliphatic carbocycles. The second kappa shape index (κ2) is 12.2. The van der Waals surface area contributed by atoms with Gasteiger partial charge in [-0.3, -0.25) is 0 Å². The van der Waals surface area contributed by atoms with Gasteiger partial charge < -0.3 is 13.4 Å². The fourth-order valence-corrected chi connectivity index (χ4v) is 9.04. The van der Waals surface area contributed by atoms with E-state index in [9.17, 15) is 0 Å². The molecule has 0 bridgehead atoms. The van der Waals surface area contributed by atoms with Crippen LogP contribution in [0.1, 0.15) is 0 Å². The topological polar surface area (TPSA) is 69.9 Å². The molecule has 0 fully saturated rings. The summed E-state index contributed by atoms with van der Waals surface area (Å²) in [6, 6.07) is 63.4. The third-order valence-corrected chi connectivity index (χ3v) is 11.8. The minimum Gasteiger partial charge on any atom is -0.456 e. The molecule has 59 heavy (non-hydrogen) atoms. The molecule has 0 unspecified atom stereocenters. The van der Waals surface area contributed by atoms with E-state index >= 15 is 0 Å². The Balaban J connectivity index is 1.16. The van der Waals surface area contributed by atoms with Gasteiger partial charge in [-0.05, 0) is 76.1 Å². The number of hydrogen-bond acceptors (Lipinski definition) is 5. The molecule has 4 aromatic heterocycles. The molecule has 0 aliphatic heterocycles. The Bertz CT molecular complexity index is 3870. The van der Waals surface area contributed by atoms with E-state index in [1.807, 2.05) is 42.5 Å². The number of rotatable bonds is 4. The maximum Gasteiger partial charge on any atom is 0.167 e. The van der Waals surface area contributed by atoms with Crippen LogP contribution in [0.5, 0.6) is 0 Å². The highest BCUT2D eigenvalue weighted by Gasteiger charge is 2.24. The molecule has 9 aromatic carbocycles. The molecule has 0 amide bonds. The second-order valence-corrected chi connectivity index (χ2v) is 15.2. The first-order valence-electron chi connectivity index (χ1n) is 19.8. The lowest BCUT2D eigenvalue weighted by Crippen LogP contribution is -2.04. The van der Waals surface area contributed by atoms with Crippen molar-refractivity contribution in [2.24, 2.45) is 0 Å². The first kappa shape index (κ1) is 32.0. The van der Waals surface area contributed by atoms with Gasteiger partial charge in [-0.25, -0.2) is 15.0 Å². The molecule has 0 spiro atoms. The van der Waals surface area contributed by atoms with Crippen molar-refractivity contribution in [3.05, 3.63) is 182 Å². The van der Waals surface area contributed by atoms with E-state index < -0.39 is 0 Å². The summed E-state index contributed by atoms with van der Waals surface area (Å²) < 4.78 is 15.5. The van der Waals surface area contributed by atoms with Gasteiger partial charge in [0.1, 0.15) is 22.3 Å². The van der Waals surface area contributed by atoms with E-state index in [0.29, 0.717) is 17.5 Å². The summed E-state index contributed by atoms with van der Waals surface area (Å²) in [6.07, 6.45) is 0. The Kier molecular flexibility index (Phi) is 6.63. The molecule has 0 atom stereocenters. The summed E-state index contributed by atoms with van der Waals surface area (Å²) in [4.78, 5) is 16.0. The molecule has 0 radical (unpaired) electrons. The molecular formula is C53H30N4O2. The van der Waals surface area contributed by atoms with E-state index in [2.05, 4.69) is 144 Å². The van der Waals surface area contributed by atoms with E-state index in [-0.39, 0.29) is 0 Å². The first-order chi connectivity index (χ1) is 29.2. The number of benzene rings is 9. The van der Waals surface area contributed by atoms with Crippen molar-refractivity contribution < 1.29 is 8.83 Å². The summed E-state index contributed by atoms with van der Waals surface area (Å²) in [5, 5.41) is 11.1. The minimum absolute atomic E-state index is 0.520. The molecule has 0 N–H and O–H groups in total. The smallest absolute Gasteiger partial charge is 0.167 e. The van der Waals surface area contributed by atoms with Gasteiger partial charge in [0, 0.05) is 43.4 Å². The Morgan fingerprint density at radius 3 is 1.76 bits per heavy atom. The quantitative estimate of drug-likeness (QED) is 0.179. The van der Waals surface area contributed by atoms with Gasteiger partial charge in [0.25, 0.3) is 0 Å². The van der Waals surface area contributed by atoms with Crippen molar-refractivity contribution in [1.82, 2.24) is 19.5 Å². The van der Waals surface area contributed by atoms with Gasteiger partial charge in [-0.2, -0.15) is 0 Å². The van der Waals surface area contributed by atoms with Gasteiger partial charge in [-0.15, -0.1) is 0 Å². The normalized spacial score (nSPS) is 12.1. The Morgan fingerprint density at radius 2 is 0.949 bits per heavy atom. The number of aromatic nitrogens is 4. The summed E-state index contributed by atoms with van der Waals surface area (Å²) in [7, 11) is 0. The Labute approximate surface area is 336 Å². The molecule has 4 heterocycles. The number of hydrogen-bond donors (Lipinski definition) is 0. The molecule has 0 saturated heterocycles. The molecule has 13 aromatic rings. The molecule has 0 saturated carbocycles. The Hall–Kier alpha value is -8.09. The highest BCUT2D eigenvalue weighted by molar-refractivity contribution is 6.15. The fraction of sp³-hybridized carbons (Fsp3) is 0. The maximum atomic E-state index is 6.59. The SMILES string of the molecule is c1ccc2cc(-c3nc(-c4cc5oc6ccccc6c5cc4-n4c5ccccc5c5cc6ccccc6cc54)nc(-c4cccc5c4oc4ccccc45)n3)ccc2c1. The van der Waals surface area contributed by atoms with Crippen LogP contribution in [-0.2, 0) is 0 Å². The van der Waals surface area contributed by atoms with Crippen LogP contribution in [0.25, 0.3) is 127 Å². The zero-order valence-electron chi connectivity index (χ0n) is 31.4. The minimum atomic E-state index is 0.520. The van der Waals surface area contributed by atoms with Crippen molar-refractivity contribution in [2.75, 3.05) is 0 Å². The van der Waals surface area contributed by atoms with Crippen molar-refractivity contribution in [1.29, 1.82) is 0 Å². The maximum absolute atomic E-state index is 6.59. The second-order valence-electron chi connectivity index (χ2n) is 15.2. The van der Waals surface area contributed by atoms with Crippen LogP contribution in [0.2, 0.25) is 0 Å². The van der Waals surface area contributed by atoms with Crippen molar-refractivity contribution in [3.63, 3.8) is 0 Å². The highest BCUT2D eigenvalue weighted by Crippen LogP contribution is 2.42. The summed E-state index contributed by atoms with van der Waals surface area (Å²) >= 11 is 0. The van der Waals surface area contributed by atoms with Gasteiger partial charge in [0.2, 0.25) is 0 Å². The van der Waals surface area contributed by atoms with Crippen LogP contribution in [0, 0.1) is 0 Å². The number of nitrogens with zero attached hydrogens (tertiary/aromatic N) is 4. The summed E-state index contributed by atoms with van der Waals surface area (Å²) in [6.45, 7) is 0. The van der Waals surface area contributed by atoms with E-state index in [0.717, 1.165) is 88.1 Å². The van der Waals surface area contributed by atoms with Crippen LogP contribution in [-0.4, -0.2) is 19.5 Å². The van der Waals surface area contributed by atoms with Gasteiger partial charge in [0.15, 0.2) is 17.5 Å². The van der Waals surface area contributed by atoms with Crippen LogP contribution in [0.3, 0.4) is 0 Å². The lowest BCUT2D eigenvalue weighted by molar-refractivity contribution is 0.668. The number of para-hydroxylation sites is 4. The molecule has 6 heteroatoms.